The number of rotatable bonds is 10. The fourth-order valence-corrected chi connectivity index (χ4v) is 3.75. The van der Waals surface area contributed by atoms with E-state index in [0.717, 1.165) is 25.1 Å². The minimum absolute atomic E-state index is 0.0399. The number of aliphatic hydroxyl groups excluding tert-OH is 1. The van der Waals surface area contributed by atoms with Crippen LogP contribution in [0.4, 0.5) is 0 Å². The Bertz CT molecular complexity index is 731. The van der Waals surface area contributed by atoms with Crippen LogP contribution in [0.1, 0.15) is 23.1 Å². The van der Waals surface area contributed by atoms with Gasteiger partial charge in [0.1, 0.15) is 0 Å². The summed E-state index contributed by atoms with van der Waals surface area (Å²) in [5.41, 5.74) is 2.73. The highest BCUT2D eigenvalue weighted by molar-refractivity contribution is 7.88. The molecule has 0 fully saturated rings. The second-order valence-corrected chi connectivity index (χ2v) is 8.01. The standard InChI is InChI=1S/C19H26N2O3S/c1-21(14-17-6-3-2-4-7-17)13-5-12-20-25(23,24)16-19-10-8-18(15-22)9-11-19/h2-4,6-11,20,22H,5,12-16H2,1H3. The summed E-state index contributed by atoms with van der Waals surface area (Å²) in [6.45, 7) is 2.06. The lowest BCUT2D eigenvalue weighted by atomic mass is 10.2. The van der Waals surface area contributed by atoms with Crippen molar-refractivity contribution in [1.82, 2.24) is 9.62 Å². The second-order valence-electron chi connectivity index (χ2n) is 6.20. The van der Waals surface area contributed by atoms with Crippen LogP contribution in [-0.4, -0.2) is 38.6 Å². The Labute approximate surface area is 150 Å². The molecule has 2 aromatic rings. The van der Waals surface area contributed by atoms with E-state index in [2.05, 4.69) is 21.8 Å². The van der Waals surface area contributed by atoms with Crippen molar-refractivity contribution in [1.29, 1.82) is 0 Å². The lowest BCUT2D eigenvalue weighted by molar-refractivity contribution is 0.282. The van der Waals surface area contributed by atoms with Gasteiger partial charge in [0.25, 0.3) is 0 Å². The Morgan fingerprint density at radius 1 is 0.960 bits per heavy atom. The first-order valence-electron chi connectivity index (χ1n) is 8.37. The zero-order valence-electron chi connectivity index (χ0n) is 14.6. The SMILES string of the molecule is CN(CCCNS(=O)(=O)Cc1ccc(CO)cc1)Cc1ccccc1. The van der Waals surface area contributed by atoms with Crippen LogP contribution in [-0.2, 0) is 28.9 Å². The maximum atomic E-state index is 12.1. The van der Waals surface area contributed by atoms with E-state index in [1.165, 1.54) is 5.56 Å². The first-order chi connectivity index (χ1) is 12.0. The van der Waals surface area contributed by atoms with Crippen LogP contribution in [0.3, 0.4) is 0 Å². The molecule has 0 bridgehead atoms. The number of aliphatic hydroxyl groups is 1. The van der Waals surface area contributed by atoms with Crippen LogP contribution < -0.4 is 4.72 Å². The van der Waals surface area contributed by atoms with Crippen LogP contribution in [0.15, 0.2) is 54.6 Å². The van der Waals surface area contributed by atoms with Gasteiger partial charge in [-0.05, 0) is 36.7 Å². The van der Waals surface area contributed by atoms with E-state index in [1.807, 2.05) is 25.2 Å². The van der Waals surface area contributed by atoms with E-state index in [9.17, 15) is 8.42 Å². The molecule has 0 aromatic heterocycles. The number of benzene rings is 2. The molecule has 2 aromatic carbocycles. The topological polar surface area (TPSA) is 69.6 Å². The maximum Gasteiger partial charge on any atom is 0.215 e. The number of hydrogen-bond acceptors (Lipinski definition) is 4. The van der Waals surface area contributed by atoms with Crippen molar-refractivity contribution < 1.29 is 13.5 Å². The van der Waals surface area contributed by atoms with Gasteiger partial charge in [0, 0.05) is 13.1 Å². The van der Waals surface area contributed by atoms with E-state index >= 15 is 0 Å². The first kappa shape index (κ1) is 19.6. The molecule has 0 saturated carbocycles. The molecule has 136 valence electrons. The van der Waals surface area contributed by atoms with Gasteiger partial charge >= 0.3 is 0 Å². The van der Waals surface area contributed by atoms with Gasteiger partial charge in [-0.1, -0.05) is 54.6 Å². The zero-order valence-corrected chi connectivity index (χ0v) is 15.4. The summed E-state index contributed by atoms with van der Waals surface area (Å²) in [6, 6.07) is 17.1. The van der Waals surface area contributed by atoms with Gasteiger partial charge < -0.3 is 10.0 Å². The number of sulfonamides is 1. The van der Waals surface area contributed by atoms with Crippen LogP contribution in [0.2, 0.25) is 0 Å². The molecule has 0 aliphatic heterocycles. The predicted octanol–water partition coefficient (Wildman–Crippen LogP) is 2.12. The largest absolute Gasteiger partial charge is 0.392 e. The van der Waals surface area contributed by atoms with Gasteiger partial charge in [0.05, 0.1) is 12.4 Å². The molecule has 0 aliphatic carbocycles. The van der Waals surface area contributed by atoms with Gasteiger partial charge in [-0.3, -0.25) is 0 Å². The van der Waals surface area contributed by atoms with Crippen molar-refractivity contribution in [3.8, 4) is 0 Å². The van der Waals surface area contributed by atoms with E-state index in [-0.39, 0.29) is 12.4 Å². The van der Waals surface area contributed by atoms with Gasteiger partial charge in [-0.2, -0.15) is 0 Å². The lowest BCUT2D eigenvalue weighted by Gasteiger charge is -2.16. The number of hydrogen-bond donors (Lipinski definition) is 2. The summed E-state index contributed by atoms with van der Waals surface area (Å²) >= 11 is 0. The molecule has 2 rings (SSSR count). The third-order valence-corrected chi connectivity index (χ3v) is 5.25. The molecule has 25 heavy (non-hydrogen) atoms. The minimum atomic E-state index is -3.34. The third-order valence-electron chi connectivity index (χ3n) is 3.90. The predicted molar refractivity (Wildman–Crippen MR) is 100 cm³/mol. The molecule has 0 heterocycles. The molecule has 0 aliphatic rings. The van der Waals surface area contributed by atoms with Crippen LogP contribution in [0.5, 0.6) is 0 Å². The molecule has 2 N–H and O–H groups in total. The summed E-state index contributed by atoms with van der Waals surface area (Å²) in [5.74, 6) is -0.0431. The van der Waals surface area contributed by atoms with Gasteiger partial charge in [0.2, 0.25) is 10.0 Å². The van der Waals surface area contributed by atoms with Crippen molar-refractivity contribution in [2.45, 2.75) is 25.3 Å². The lowest BCUT2D eigenvalue weighted by Crippen LogP contribution is -2.29. The second kappa shape index (κ2) is 9.68. The summed E-state index contributed by atoms with van der Waals surface area (Å²) < 4.78 is 26.9. The Balaban J connectivity index is 1.70. The van der Waals surface area contributed by atoms with Crippen molar-refractivity contribution in [3.05, 3.63) is 71.3 Å². The summed E-state index contributed by atoms with van der Waals surface area (Å²) in [4.78, 5) is 2.18. The van der Waals surface area contributed by atoms with E-state index in [1.54, 1.807) is 24.3 Å². The molecular weight excluding hydrogens is 336 g/mol. The smallest absolute Gasteiger partial charge is 0.215 e. The molecule has 0 amide bonds. The Hall–Kier alpha value is -1.73. The van der Waals surface area contributed by atoms with Gasteiger partial charge in [-0.25, -0.2) is 13.1 Å². The van der Waals surface area contributed by atoms with Crippen LogP contribution >= 0.6 is 0 Å². The minimum Gasteiger partial charge on any atom is -0.392 e. The zero-order chi connectivity index (χ0) is 18.1. The highest BCUT2D eigenvalue weighted by Gasteiger charge is 2.11. The van der Waals surface area contributed by atoms with Crippen molar-refractivity contribution in [2.75, 3.05) is 20.1 Å². The number of nitrogens with one attached hydrogen (secondary N) is 1. The maximum absolute atomic E-state index is 12.1. The van der Waals surface area contributed by atoms with E-state index < -0.39 is 10.0 Å². The normalized spacial score (nSPS) is 11.8. The highest BCUT2D eigenvalue weighted by Crippen LogP contribution is 2.08. The molecule has 0 saturated heterocycles. The number of nitrogens with zero attached hydrogens (tertiary/aromatic N) is 1. The Kier molecular flexibility index (Phi) is 7.58. The molecule has 0 atom stereocenters. The molecular formula is C19H26N2O3S. The monoisotopic (exact) mass is 362 g/mol. The first-order valence-corrected chi connectivity index (χ1v) is 10.0. The fourth-order valence-electron chi connectivity index (χ4n) is 2.56. The Morgan fingerprint density at radius 2 is 1.60 bits per heavy atom. The molecule has 0 radical (unpaired) electrons. The average Bonchev–Trinajstić information content (AvgIpc) is 2.60. The van der Waals surface area contributed by atoms with E-state index in [0.29, 0.717) is 12.1 Å². The van der Waals surface area contributed by atoms with Gasteiger partial charge in [0.15, 0.2) is 0 Å². The summed E-state index contributed by atoms with van der Waals surface area (Å²) in [5, 5.41) is 9.01. The summed E-state index contributed by atoms with van der Waals surface area (Å²) in [6.07, 6.45) is 0.756. The Morgan fingerprint density at radius 3 is 2.24 bits per heavy atom. The van der Waals surface area contributed by atoms with E-state index in [4.69, 9.17) is 5.11 Å². The molecule has 6 heteroatoms. The molecule has 0 unspecified atom stereocenters. The average molecular weight is 362 g/mol. The van der Waals surface area contributed by atoms with Crippen LogP contribution in [0, 0.1) is 0 Å². The van der Waals surface area contributed by atoms with Crippen molar-refractivity contribution >= 4 is 10.0 Å². The van der Waals surface area contributed by atoms with Crippen molar-refractivity contribution in [3.63, 3.8) is 0 Å². The van der Waals surface area contributed by atoms with Crippen LogP contribution in [0.25, 0.3) is 0 Å². The highest BCUT2D eigenvalue weighted by atomic mass is 32.2. The van der Waals surface area contributed by atoms with Crippen molar-refractivity contribution in [2.24, 2.45) is 0 Å². The fraction of sp³-hybridized carbons (Fsp3) is 0.368. The quantitative estimate of drug-likeness (QED) is 0.635. The third kappa shape index (κ3) is 7.36. The molecule has 5 nitrogen and oxygen atoms in total. The summed E-state index contributed by atoms with van der Waals surface area (Å²) in [7, 11) is -1.31. The molecule has 0 spiro atoms. The van der Waals surface area contributed by atoms with Gasteiger partial charge in [-0.15, -0.1) is 0 Å².